The molecule has 0 aliphatic carbocycles. The number of rotatable bonds is 1. The van der Waals surface area contributed by atoms with Crippen molar-refractivity contribution in [2.24, 2.45) is 0 Å². The SMILES string of the molecule is O=C1c2ccccc2-n2nnc(-c3ccccc3)c2C2c3cc(Br)ccc3CCN12. The van der Waals surface area contributed by atoms with E-state index in [0.717, 1.165) is 39.1 Å². The minimum Gasteiger partial charge on any atom is -0.325 e. The fourth-order valence-corrected chi connectivity index (χ4v) is 4.99. The molecule has 30 heavy (non-hydrogen) atoms. The summed E-state index contributed by atoms with van der Waals surface area (Å²) in [5.74, 6) is 0.0331. The average molecular weight is 457 g/mol. The van der Waals surface area contributed by atoms with Crippen LogP contribution in [0.25, 0.3) is 16.9 Å². The minimum absolute atomic E-state index is 0.0331. The molecule has 3 heterocycles. The molecule has 0 saturated carbocycles. The third-order valence-electron chi connectivity index (χ3n) is 5.97. The summed E-state index contributed by atoms with van der Waals surface area (Å²) < 4.78 is 2.86. The number of nitrogens with zero attached hydrogens (tertiary/aromatic N) is 4. The zero-order valence-corrected chi connectivity index (χ0v) is 17.6. The Bertz CT molecular complexity index is 1300. The van der Waals surface area contributed by atoms with Gasteiger partial charge in [0.25, 0.3) is 5.91 Å². The van der Waals surface area contributed by atoms with Gasteiger partial charge in [-0.1, -0.05) is 69.7 Å². The first-order valence-corrected chi connectivity index (χ1v) is 10.7. The Hall–Kier alpha value is -3.25. The molecule has 0 fully saturated rings. The lowest BCUT2D eigenvalue weighted by Crippen LogP contribution is -2.40. The average Bonchev–Trinajstić information content (AvgIpc) is 3.19. The van der Waals surface area contributed by atoms with Crippen LogP contribution in [0.1, 0.15) is 33.2 Å². The molecule has 0 bridgehead atoms. The molecule has 6 rings (SSSR count). The van der Waals surface area contributed by atoms with Crippen LogP contribution in [-0.2, 0) is 6.42 Å². The van der Waals surface area contributed by atoms with E-state index in [1.807, 2.05) is 64.2 Å². The van der Waals surface area contributed by atoms with Gasteiger partial charge in [0.2, 0.25) is 0 Å². The molecular weight excluding hydrogens is 440 g/mol. The van der Waals surface area contributed by atoms with Crippen molar-refractivity contribution >= 4 is 21.8 Å². The summed E-state index contributed by atoms with van der Waals surface area (Å²) in [5.41, 5.74) is 6.54. The second-order valence-corrected chi connectivity index (χ2v) is 8.53. The van der Waals surface area contributed by atoms with Gasteiger partial charge in [-0.15, -0.1) is 5.10 Å². The third kappa shape index (κ3) is 2.50. The van der Waals surface area contributed by atoms with Gasteiger partial charge in [0.05, 0.1) is 16.9 Å². The number of benzene rings is 3. The molecule has 5 nitrogen and oxygen atoms in total. The lowest BCUT2D eigenvalue weighted by atomic mass is 9.89. The van der Waals surface area contributed by atoms with Gasteiger partial charge < -0.3 is 4.90 Å². The maximum atomic E-state index is 13.6. The van der Waals surface area contributed by atoms with E-state index in [1.54, 1.807) is 0 Å². The molecule has 1 atom stereocenters. The van der Waals surface area contributed by atoms with Crippen molar-refractivity contribution in [1.29, 1.82) is 0 Å². The highest BCUT2D eigenvalue weighted by atomic mass is 79.9. The van der Waals surface area contributed by atoms with Crippen molar-refractivity contribution in [3.05, 3.63) is 99.7 Å². The topological polar surface area (TPSA) is 51.0 Å². The number of halogens is 1. The monoisotopic (exact) mass is 456 g/mol. The normalized spacial score (nSPS) is 16.9. The second kappa shape index (κ2) is 6.64. The third-order valence-corrected chi connectivity index (χ3v) is 6.46. The number of para-hydroxylation sites is 1. The van der Waals surface area contributed by atoms with Gasteiger partial charge in [0, 0.05) is 16.6 Å². The molecule has 3 aromatic carbocycles. The fraction of sp³-hybridized carbons (Fsp3) is 0.125. The summed E-state index contributed by atoms with van der Waals surface area (Å²) in [7, 11) is 0. The Morgan fingerprint density at radius 3 is 2.63 bits per heavy atom. The van der Waals surface area contributed by atoms with Gasteiger partial charge in [-0.05, 0) is 41.8 Å². The first-order valence-electron chi connectivity index (χ1n) is 9.92. The molecule has 146 valence electrons. The molecule has 0 spiro atoms. The number of hydrogen-bond donors (Lipinski definition) is 0. The highest BCUT2D eigenvalue weighted by Crippen LogP contribution is 2.43. The van der Waals surface area contributed by atoms with E-state index in [-0.39, 0.29) is 11.9 Å². The number of aromatic nitrogens is 3. The summed E-state index contributed by atoms with van der Waals surface area (Å²) in [4.78, 5) is 15.6. The molecule has 6 heteroatoms. The van der Waals surface area contributed by atoms with Crippen LogP contribution in [0.15, 0.2) is 77.3 Å². The van der Waals surface area contributed by atoms with Crippen molar-refractivity contribution < 1.29 is 4.79 Å². The van der Waals surface area contributed by atoms with Crippen LogP contribution in [0, 0.1) is 0 Å². The van der Waals surface area contributed by atoms with Gasteiger partial charge in [0.15, 0.2) is 0 Å². The standard InChI is InChI=1S/C24H17BrN4O/c25-17-11-10-15-12-13-28-22(19(15)14-17)23-21(16-6-2-1-3-7-16)26-27-29(23)20-9-5-4-8-18(20)24(28)30/h1-11,14,22H,12-13H2. The van der Waals surface area contributed by atoms with Crippen molar-refractivity contribution in [3.63, 3.8) is 0 Å². The Kier molecular flexibility index (Phi) is 3.89. The number of amides is 1. The van der Waals surface area contributed by atoms with E-state index < -0.39 is 0 Å². The maximum Gasteiger partial charge on any atom is 0.256 e. The van der Waals surface area contributed by atoms with E-state index in [1.165, 1.54) is 5.56 Å². The van der Waals surface area contributed by atoms with Crippen molar-refractivity contribution in [2.75, 3.05) is 6.54 Å². The van der Waals surface area contributed by atoms with Gasteiger partial charge in [0.1, 0.15) is 11.7 Å². The molecule has 1 aromatic heterocycles. The first kappa shape index (κ1) is 17.6. The van der Waals surface area contributed by atoms with Crippen LogP contribution in [0.4, 0.5) is 0 Å². The molecular formula is C24H17BrN4O. The molecule has 0 N–H and O–H groups in total. The summed E-state index contributed by atoms with van der Waals surface area (Å²) in [6.45, 7) is 0.659. The quantitative estimate of drug-likeness (QED) is 0.413. The van der Waals surface area contributed by atoms with Crippen LogP contribution in [0.5, 0.6) is 0 Å². The Morgan fingerprint density at radius 1 is 0.967 bits per heavy atom. The van der Waals surface area contributed by atoms with Gasteiger partial charge >= 0.3 is 0 Å². The zero-order valence-electron chi connectivity index (χ0n) is 16.0. The summed E-state index contributed by atoms with van der Waals surface area (Å²) in [6.07, 6.45) is 0.829. The van der Waals surface area contributed by atoms with Gasteiger partial charge in [-0.3, -0.25) is 4.79 Å². The van der Waals surface area contributed by atoms with Crippen LogP contribution in [0.3, 0.4) is 0 Å². The number of carbonyl (C=O) groups excluding carboxylic acids is 1. The number of carbonyl (C=O) groups is 1. The summed E-state index contributed by atoms with van der Waals surface area (Å²) >= 11 is 3.62. The highest BCUT2D eigenvalue weighted by molar-refractivity contribution is 9.10. The molecule has 2 aliphatic heterocycles. The molecule has 0 radical (unpaired) electrons. The molecule has 1 unspecified atom stereocenters. The van der Waals surface area contributed by atoms with Crippen molar-refractivity contribution in [3.8, 4) is 16.9 Å². The smallest absolute Gasteiger partial charge is 0.256 e. The Morgan fingerprint density at radius 2 is 1.77 bits per heavy atom. The maximum absolute atomic E-state index is 13.6. The number of fused-ring (bicyclic) bond motifs is 7. The summed E-state index contributed by atoms with van der Waals surface area (Å²) in [6, 6.07) is 23.8. The van der Waals surface area contributed by atoms with Crippen molar-refractivity contribution in [2.45, 2.75) is 12.5 Å². The van der Waals surface area contributed by atoms with Crippen LogP contribution >= 0.6 is 15.9 Å². The lowest BCUT2D eigenvalue weighted by Gasteiger charge is -2.36. The lowest BCUT2D eigenvalue weighted by molar-refractivity contribution is 0.0698. The van der Waals surface area contributed by atoms with Crippen LogP contribution < -0.4 is 0 Å². The Balaban J connectivity index is 1.70. The number of hydrogen-bond acceptors (Lipinski definition) is 3. The predicted octanol–water partition coefficient (Wildman–Crippen LogP) is 4.80. The highest BCUT2D eigenvalue weighted by Gasteiger charge is 2.41. The largest absolute Gasteiger partial charge is 0.325 e. The predicted molar refractivity (Wildman–Crippen MR) is 118 cm³/mol. The van der Waals surface area contributed by atoms with Crippen LogP contribution in [0.2, 0.25) is 0 Å². The van der Waals surface area contributed by atoms with E-state index in [2.05, 4.69) is 44.4 Å². The molecule has 0 saturated heterocycles. The summed E-state index contributed by atoms with van der Waals surface area (Å²) in [5, 5.41) is 9.11. The van der Waals surface area contributed by atoms with Crippen LogP contribution in [-0.4, -0.2) is 32.3 Å². The van der Waals surface area contributed by atoms with Gasteiger partial charge in [-0.2, -0.15) is 0 Å². The molecule has 1 amide bonds. The van der Waals surface area contributed by atoms with E-state index in [0.29, 0.717) is 12.1 Å². The van der Waals surface area contributed by atoms with E-state index in [4.69, 9.17) is 0 Å². The minimum atomic E-state index is -0.253. The molecule has 2 aliphatic rings. The first-order chi connectivity index (χ1) is 14.7. The second-order valence-electron chi connectivity index (χ2n) is 7.61. The Labute approximate surface area is 182 Å². The zero-order chi connectivity index (χ0) is 20.2. The van der Waals surface area contributed by atoms with E-state index in [9.17, 15) is 4.79 Å². The van der Waals surface area contributed by atoms with E-state index >= 15 is 0 Å². The van der Waals surface area contributed by atoms with Crippen molar-refractivity contribution in [1.82, 2.24) is 19.9 Å². The van der Waals surface area contributed by atoms with Gasteiger partial charge in [-0.25, -0.2) is 4.68 Å². The molecule has 4 aromatic rings. The fourth-order valence-electron chi connectivity index (χ4n) is 4.61.